The molecule has 134 valence electrons. The number of nitrogens with one attached hydrogen (secondary N) is 1. The minimum absolute atomic E-state index is 0.0928. The van der Waals surface area contributed by atoms with Crippen LogP contribution < -0.4 is 5.32 Å². The Balaban J connectivity index is 2.18. The summed E-state index contributed by atoms with van der Waals surface area (Å²) >= 11 is 11.9. The second-order valence-electron chi connectivity index (χ2n) is 6.45. The molecule has 2 aromatic rings. The van der Waals surface area contributed by atoms with Gasteiger partial charge >= 0.3 is 6.09 Å². The van der Waals surface area contributed by atoms with Gasteiger partial charge in [0.2, 0.25) is 5.28 Å². The molecule has 0 aliphatic heterocycles. The summed E-state index contributed by atoms with van der Waals surface area (Å²) in [7, 11) is 1.68. The fraction of sp³-hybridized carbons (Fsp3) is 0.353. The summed E-state index contributed by atoms with van der Waals surface area (Å²) in [4.78, 5) is 21.6. The summed E-state index contributed by atoms with van der Waals surface area (Å²) in [5.41, 5.74) is 1.09. The van der Waals surface area contributed by atoms with E-state index in [0.717, 1.165) is 11.3 Å². The largest absolute Gasteiger partial charge is 0.444 e. The van der Waals surface area contributed by atoms with E-state index < -0.39 is 11.7 Å². The number of amides is 1. The summed E-state index contributed by atoms with van der Waals surface area (Å²) < 4.78 is 5.37. The van der Waals surface area contributed by atoms with E-state index in [2.05, 4.69) is 15.3 Å². The van der Waals surface area contributed by atoms with Crippen molar-refractivity contribution in [1.29, 1.82) is 0 Å². The van der Waals surface area contributed by atoms with Gasteiger partial charge in [-0.3, -0.25) is 0 Å². The molecule has 0 spiro atoms. The van der Waals surface area contributed by atoms with Crippen LogP contribution in [0.1, 0.15) is 26.3 Å². The van der Waals surface area contributed by atoms with Gasteiger partial charge in [0, 0.05) is 12.7 Å². The minimum Gasteiger partial charge on any atom is -0.444 e. The molecule has 0 saturated heterocycles. The zero-order chi connectivity index (χ0) is 18.6. The maximum Gasteiger partial charge on any atom is 0.410 e. The topological polar surface area (TPSA) is 67.3 Å². The van der Waals surface area contributed by atoms with Crippen LogP contribution in [-0.4, -0.2) is 33.6 Å². The lowest BCUT2D eigenvalue weighted by molar-refractivity contribution is 0.0285. The van der Waals surface area contributed by atoms with Gasteiger partial charge in [0.05, 0.1) is 12.7 Å². The molecule has 0 saturated carbocycles. The lowest BCUT2D eigenvalue weighted by Crippen LogP contribution is -2.33. The SMILES string of the molecule is CN(Cc1ccccc1Nc1nc(Cl)ncc1Cl)C(=O)OC(C)(C)C. The van der Waals surface area contributed by atoms with Gasteiger partial charge in [-0.25, -0.2) is 9.78 Å². The molecule has 1 N–H and O–H groups in total. The highest BCUT2D eigenvalue weighted by Gasteiger charge is 2.20. The first-order valence-electron chi connectivity index (χ1n) is 7.63. The molecule has 0 unspecified atom stereocenters. The number of rotatable bonds is 4. The predicted octanol–water partition coefficient (Wildman–Crippen LogP) is 4.89. The van der Waals surface area contributed by atoms with E-state index in [4.69, 9.17) is 27.9 Å². The number of nitrogens with zero attached hydrogens (tertiary/aromatic N) is 3. The van der Waals surface area contributed by atoms with Gasteiger partial charge in [0.15, 0.2) is 5.82 Å². The molecule has 0 radical (unpaired) electrons. The summed E-state index contributed by atoms with van der Waals surface area (Å²) in [6, 6.07) is 7.53. The van der Waals surface area contributed by atoms with Crippen molar-refractivity contribution in [2.24, 2.45) is 0 Å². The van der Waals surface area contributed by atoms with E-state index >= 15 is 0 Å². The Hall–Kier alpha value is -2.05. The van der Waals surface area contributed by atoms with Crippen molar-refractivity contribution in [3.63, 3.8) is 0 Å². The van der Waals surface area contributed by atoms with Gasteiger partial charge in [0.25, 0.3) is 0 Å². The van der Waals surface area contributed by atoms with Crippen LogP contribution >= 0.6 is 23.2 Å². The first-order chi connectivity index (χ1) is 11.7. The van der Waals surface area contributed by atoms with E-state index in [1.807, 2.05) is 45.0 Å². The average Bonchev–Trinajstić information content (AvgIpc) is 2.51. The first kappa shape index (κ1) is 19.3. The Morgan fingerprint density at radius 1 is 1.28 bits per heavy atom. The number of aromatic nitrogens is 2. The predicted molar refractivity (Wildman–Crippen MR) is 99.5 cm³/mol. The summed E-state index contributed by atoms with van der Waals surface area (Å²) in [5.74, 6) is 0.397. The van der Waals surface area contributed by atoms with Gasteiger partial charge in [0.1, 0.15) is 10.6 Å². The Morgan fingerprint density at radius 3 is 2.64 bits per heavy atom. The smallest absolute Gasteiger partial charge is 0.410 e. The summed E-state index contributed by atoms with van der Waals surface area (Å²) in [5, 5.41) is 3.57. The Bertz CT molecular complexity index is 763. The van der Waals surface area contributed by atoms with Gasteiger partial charge in [-0.1, -0.05) is 29.8 Å². The molecule has 1 heterocycles. The Morgan fingerprint density at radius 2 is 1.96 bits per heavy atom. The van der Waals surface area contributed by atoms with Crippen molar-refractivity contribution in [2.75, 3.05) is 12.4 Å². The molecule has 1 aromatic carbocycles. The van der Waals surface area contributed by atoms with Gasteiger partial charge in [-0.15, -0.1) is 0 Å². The molecule has 1 aromatic heterocycles. The van der Waals surface area contributed by atoms with Gasteiger partial charge in [-0.05, 0) is 44.0 Å². The number of anilines is 2. The van der Waals surface area contributed by atoms with Crippen molar-refractivity contribution in [2.45, 2.75) is 32.9 Å². The van der Waals surface area contributed by atoms with Crippen molar-refractivity contribution < 1.29 is 9.53 Å². The molecule has 0 aliphatic rings. The number of hydrogen-bond donors (Lipinski definition) is 1. The van der Waals surface area contributed by atoms with Crippen molar-refractivity contribution >= 4 is 40.8 Å². The quantitative estimate of drug-likeness (QED) is 0.761. The van der Waals surface area contributed by atoms with E-state index in [-0.39, 0.29) is 5.28 Å². The number of halogens is 2. The van der Waals surface area contributed by atoms with Crippen LogP contribution in [0.5, 0.6) is 0 Å². The van der Waals surface area contributed by atoms with Crippen LogP contribution in [0, 0.1) is 0 Å². The number of hydrogen-bond acceptors (Lipinski definition) is 5. The molecule has 0 aliphatic carbocycles. The van der Waals surface area contributed by atoms with Gasteiger partial charge in [-0.2, -0.15) is 4.98 Å². The lowest BCUT2D eigenvalue weighted by Gasteiger charge is -2.25. The fourth-order valence-electron chi connectivity index (χ4n) is 2.00. The van der Waals surface area contributed by atoms with E-state index in [1.165, 1.54) is 11.1 Å². The van der Waals surface area contributed by atoms with Crippen LogP contribution in [0.3, 0.4) is 0 Å². The highest BCUT2D eigenvalue weighted by atomic mass is 35.5. The zero-order valence-electron chi connectivity index (χ0n) is 14.5. The van der Waals surface area contributed by atoms with Crippen LogP contribution in [-0.2, 0) is 11.3 Å². The first-order valence-corrected chi connectivity index (χ1v) is 8.38. The van der Waals surface area contributed by atoms with Crippen molar-refractivity contribution in [1.82, 2.24) is 14.9 Å². The maximum atomic E-state index is 12.2. The Kier molecular flexibility index (Phi) is 6.08. The molecule has 6 nitrogen and oxygen atoms in total. The lowest BCUT2D eigenvalue weighted by atomic mass is 10.1. The summed E-state index contributed by atoms with van der Waals surface area (Å²) in [6.45, 7) is 5.84. The maximum absolute atomic E-state index is 12.2. The molecular formula is C17H20Cl2N4O2. The molecule has 2 rings (SSSR count). The standard InChI is InChI=1S/C17H20Cl2N4O2/c1-17(2,3)25-16(24)23(4)10-11-7-5-6-8-13(11)21-14-12(18)9-20-15(19)22-14/h5-9H,10H2,1-4H3,(H,20,21,22). The molecule has 0 fully saturated rings. The third kappa shape index (κ3) is 5.76. The second kappa shape index (κ2) is 7.89. The summed E-state index contributed by atoms with van der Waals surface area (Å²) in [6.07, 6.45) is 1.03. The molecule has 8 heteroatoms. The van der Waals surface area contributed by atoms with Crippen LogP contribution in [0.25, 0.3) is 0 Å². The van der Waals surface area contributed by atoms with Crippen molar-refractivity contribution in [3.05, 3.63) is 46.3 Å². The highest BCUT2D eigenvalue weighted by molar-refractivity contribution is 6.33. The Labute approximate surface area is 157 Å². The minimum atomic E-state index is -0.547. The highest BCUT2D eigenvalue weighted by Crippen LogP contribution is 2.26. The molecule has 0 atom stereocenters. The van der Waals surface area contributed by atoms with E-state index in [9.17, 15) is 4.79 Å². The van der Waals surface area contributed by atoms with Crippen LogP contribution in [0.2, 0.25) is 10.3 Å². The number of ether oxygens (including phenoxy) is 1. The molecule has 0 bridgehead atoms. The fourth-order valence-corrected chi connectivity index (χ4v) is 2.27. The van der Waals surface area contributed by atoms with Crippen molar-refractivity contribution in [3.8, 4) is 0 Å². The molecule has 25 heavy (non-hydrogen) atoms. The molecule has 1 amide bonds. The third-order valence-corrected chi connectivity index (χ3v) is 3.56. The number of para-hydroxylation sites is 1. The number of carbonyl (C=O) groups excluding carboxylic acids is 1. The normalized spacial score (nSPS) is 11.1. The zero-order valence-corrected chi connectivity index (χ0v) is 16.0. The number of benzene rings is 1. The number of carbonyl (C=O) groups is 1. The third-order valence-electron chi connectivity index (χ3n) is 3.10. The molecular weight excluding hydrogens is 363 g/mol. The average molecular weight is 383 g/mol. The van der Waals surface area contributed by atoms with Crippen LogP contribution in [0.4, 0.5) is 16.3 Å². The van der Waals surface area contributed by atoms with E-state index in [1.54, 1.807) is 7.05 Å². The second-order valence-corrected chi connectivity index (χ2v) is 7.20. The monoisotopic (exact) mass is 382 g/mol. The van der Waals surface area contributed by atoms with Crippen LogP contribution in [0.15, 0.2) is 30.5 Å². The van der Waals surface area contributed by atoms with Gasteiger partial charge < -0.3 is 15.0 Å². The van der Waals surface area contributed by atoms with E-state index in [0.29, 0.717) is 17.4 Å².